The number of nitrogens with zero attached hydrogens (tertiary/aromatic N) is 1. The molecule has 0 atom stereocenters. The molecule has 5 nitrogen and oxygen atoms in total. The lowest BCUT2D eigenvalue weighted by Gasteiger charge is -2.23. The van der Waals surface area contributed by atoms with Crippen LogP contribution in [0.1, 0.15) is 18.9 Å². The number of benzene rings is 2. The lowest BCUT2D eigenvalue weighted by molar-refractivity contribution is -0.143. The molecular weight excluding hydrogens is 433 g/mol. The molecule has 9 heteroatoms. The minimum absolute atomic E-state index is 0.0158. The summed E-state index contributed by atoms with van der Waals surface area (Å²) in [5.74, 6) is -0.492. The van der Waals surface area contributed by atoms with Crippen LogP contribution in [0, 0.1) is 0 Å². The molecule has 0 aliphatic rings. The molecule has 0 amide bonds. The van der Waals surface area contributed by atoms with Crippen LogP contribution in [0.5, 0.6) is 0 Å². The Morgan fingerprint density at radius 2 is 1.70 bits per heavy atom. The number of carbonyl (C=O) groups excluding carboxylic acids is 1. The van der Waals surface area contributed by atoms with Crippen LogP contribution in [-0.4, -0.2) is 31.8 Å². The van der Waals surface area contributed by atoms with Crippen molar-refractivity contribution in [3.05, 3.63) is 63.1 Å². The molecule has 0 saturated heterocycles. The molecule has 27 heavy (non-hydrogen) atoms. The Kier molecular flexibility index (Phi) is 7.94. The van der Waals surface area contributed by atoms with Crippen molar-refractivity contribution in [1.82, 2.24) is 4.31 Å². The molecule has 0 saturated carbocycles. The van der Waals surface area contributed by atoms with Gasteiger partial charge in [0.1, 0.15) is 0 Å². The maximum atomic E-state index is 13.1. The van der Waals surface area contributed by atoms with Gasteiger partial charge in [0.25, 0.3) is 0 Å². The lowest BCUT2D eigenvalue weighted by atomic mass is 10.2. The predicted molar refractivity (Wildman–Crippen MR) is 107 cm³/mol. The van der Waals surface area contributed by atoms with Crippen molar-refractivity contribution < 1.29 is 17.9 Å². The zero-order chi connectivity index (χ0) is 20.0. The summed E-state index contributed by atoms with van der Waals surface area (Å²) in [6, 6.07) is 10.8. The van der Waals surface area contributed by atoms with E-state index in [4.69, 9.17) is 39.5 Å². The van der Waals surface area contributed by atoms with E-state index in [1.54, 1.807) is 37.3 Å². The summed E-state index contributed by atoms with van der Waals surface area (Å²) in [4.78, 5) is 11.8. The van der Waals surface area contributed by atoms with Crippen molar-refractivity contribution >= 4 is 50.8 Å². The van der Waals surface area contributed by atoms with Gasteiger partial charge in [-0.2, -0.15) is 4.31 Å². The van der Waals surface area contributed by atoms with Crippen molar-refractivity contribution in [3.8, 4) is 0 Å². The Balaban J connectivity index is 2.38. The molecule has 2 aromatic carbocycles. The molecule has 0 aliphatic carbocycles. The van der Waals surface area contributed by atoms with Crippen LogP contribution in [0.3, 0.4) is 0 Å². The monoisotopic (exact) mass is 449 g/mol. The van der Waals surface area contributed by atoms with Crippen LogP contribution in [0.25, 0.3) is 0 Å². The molecule has 0 heterocycles. The van der Waals surface area contributed by atoms with Crippen LogP contribution in [0.4, 0.5) is 0 Å². The van der Waals surface area contributed by atoms with Gasteiger partial charge in [-0.05, 0) is 37.3 Å². The van der Waals surface area contributed by atoms with Crippen molar-refractivity contribution in [2.24, 2.45) is 0 Å². The Morgan fingerprint density at radius 3 is 2.30 bits per heavy atom. The number of esters is 1. The topological polar surface area (TPSA) is 63.7 Å². The fraction of sp³-hybridized carbons (Fsp3) is 0.278. The van der Waals surface area contributed by atoms with Gasteiger partial charge in [-0.25, -0.2) is 8.42 Å². The van der Waals surface area contributed by atoms with Gasteiger partial charge < -0.3 is 4.74 Å². The van der Waals surface area contributed by atoms with Crippen molar-refractivity contribution in [2.75, 3.05) is 13.2 Å². The summed E-state index contributed by atoms with van der Waals surface area (Å²) >= 11 is 18.3. The quantitative estimate of drug-likeness (QED) is 0.542. The average Bonchev–Trinajstić information content (AvgIpc) is 2.61. The molecule has 0 aromatic heterocycles. The molecule has 0 spiro atoms. The molecule has 2 aromatic rings. The number of ether oxygens (including phenoxy) is 1. The highest BCUT2D eigenvalue weighted by Gasteiger charge is 2.27. The predicted octanol–water partition coefficient (Wildman–Crippen LogP) is 4.79. The second kappa shape index (κ2) is 9.75. The van der Waals surface area contributed by atoms with E-state index in [9.17, 15) is 13.2 Å². The van der Waals surface area contributed by atoms with Gasteiger partial charge in [-0.15, -0.1) is 0 Å². The van der Waals surface area contributed by atoms with Gasteiger partial charge >= 0.3 is 5.97 Å². The summed E-state index contributed by atoms with van der Waals surface area (Å²) in [6.07, 6.45) is -0.101. The number of hydrogen-bond acceptors (Lipinski definition) is 4. The van der Waals surface area contributed by atoms with Gasteiger partial charge in [0.05, 0.1) is 17.9 Å². The highest BCUT2D eigenvalue weighted by Crippen LogP contribution is 2.29. The molecule has 0 fully saturated rings. The first-order chi connectivity index (χ1) is 12.8. The van der Waals surface area contributed by atoms with E-state index in [1.165, 1.54) is 12.1 Å². The summed E-state index contributed by atoms with van der Waals surface area (Å²) in [7, 11) is -3.94. The fourth-order valence-electron chi connectivity index (χ4n) is 2.37. The fourth-order valence-corrected chi connectivity index (χ4v) is 4.60. The van der Waals surface area contributed by atoms with E-state index in [2.05, 4.69) is 0 Å². The number of hydrogen-bond donors (Lipinski definition) is 0. The van der Waals surface area contributed by atoms with Crippen LogP contribution < -0.4 is 0 Å². The Morgan fingerprint density at radius 1 is 1.07 bits per heavy atom. The molecule has 0 bridgehead atoms. The highest BCUT2D eigenvalue weighted by molar-refractivity contribution is 7.89. The minimum Gasteiger partial charge on any atom is -0.466 e. The second-order valence-corrected chi connectivity index (χ2v) is 8.74. The van der Waals surface area contributed by atoms with Crippen LogP contribution in [-0.2, 0) is 26.1 Å². The van der Waals surface area contributed by atoms with Crippen molar-refractivity contribution in [1.29, 1.82) is 0 Å². The third kappa shape index (κ3) is 5.83. The van der Waals surface area contributed by atoms with E-state index in [1.807, 2.05) is 0 Å². The van der Waals surface area contributed by atoms with Gasteiger partial charge in [0.15, 0.2) is 0 Å². The SMILES string of the molecule is CCOC(=O)CCN(Cc1c(Cl)cccc1Cl)S(=O)(=O)c1cccc(Cl)c1. The number of carbonyl (C=O) groups is 1. The summed E-state index contributed by atoms with van der Waals surface area (Å²) in [5.41, 5.74) is 0.454. The van der Waals surface area contributed by atoms with Crippen LogP contribution >= 0.6 is 34.8 Å². The maximum Gasteiger partial charge on any atom is 0.307 e. The third-order valence-electron chi connectivity index (χ3n) is 3.70. The van der Waals surface area contributed by atoms with Gasteiger partial charge in [0, 0.05) is 33.7 Å². The first-order valence-electron chi connectivity index (χ1n) is 8.10. The van der Waals surface area contributed by atoms with Crippen LogP contribution in [0.2, 0.25) is 15.1 Å². The second-order valence-electron chi connectivity index (χ2n) is 5.55. The average molecular weight is 451 g/mol. The molecule has 0 aliphatic heterocycles. The molecule has 146 valence electrons. The van der Waals surface area contributed by atoms with Crippen LogP contribution in [0.15, 0.2) is 47.4 Å². The minimum atomic E-state index is -3.94. The van der Waals surface area contributed by atoms with E-state index in [0.29, 0.717) is 15.6 Å². The molecule has 0 unspecified atom stereocenters. The Bertz CT molecular complexity index is 898. The highest BCUT2D eigenvalue weighted by atomic mass is 35.5. The van der Waals surface area contributed by atoms with Gasteiger partial charge in [0.2, 0.25) is 10.0 Å². The normalized spacial score (nSPS) is 11.6. The lowest BCUT2D eigenvalue weighted by Crippen LogP contribution is -2.33. The first kappa shape index (κ1) is 22.0. The summed E-state index contributed by atoms with van der Waals surface area (Å²) in [5, 5.41) is 0.965. The summed E-state index contributed by atoms with van der Waals surface area (Å²) < 4.78 is 32.3. The van der Waals surface area contributed by atoms with Gasteiger partial charge in [-0.3, -0.25) is 4.79 Å². The zero-order valence-electron chi connectivity index (χ0n) is 14.5. The van der Waals surface area contributed by atoms with Crippen molar-refractivity contribution in [2.45, 2.75) is 24.8 Å². The first-order valence-corrected chi connectivity index (χ1v) is 10.7. The molecule has 2 rings (SSSR count). The standard InChI is InChI=1S/C18H18Cl3NO4S/c1-2-26-18(23)9-10-22(12-15-16(20)7-4-8-17(15)21)27(24,25)14-6-3-5-13(19)11-14/h3-8,11H,2,9-10,12H2,1H3. The number of halogens is 3. The third-order valence-corrected chi connectivity index (χ3v) is 6.49. The Labute approximate surface area is 173 Å². The number of sulfonamides is 1. The molecule has 0 radical (unpaired) electrons. The maximum absolute atomic E-state index is 13.1. The zero-order valence-corrected chi connectivity index (χ0v) is 17.6. The smallest absolute Gasteiger partial charge is 0.307 e. The van der Waals surface area contributed by atoms with E-state index < -0.39 is 16.0 Å². The summed E-state index contributed by atoms with van der Waals surface area (Å²) in [6.45, 7) is 1.72. The van der Waals surface area contributed by atoms with E-state index >= 15 is 0 Å². The largest absolute Gasteiger partial charge is 0.466 e. The van der Waals surface area contributed by atoms with Crippen molar-refractivity contribution in [3.63, 3.8) is 0 Å². The van der Waals surface area contributed by atoms with E-state index in [0.717, 1.165) is 4.31 Å². The van der Waals surface area contributed by atoms with Gasteiger partial charge in [-0.1, -0.05) is 46.9 Å². The molecule has 0 N–H and O–H groups in total. The van der Waals surface area contributed by atoms with E-state index in [-0.39, 0.29) is 36.0 Å². The molecular formula is C18H18Cl3NO4S. The number of rotatable bonds is 8. The Hall–Kier alpha value is -1.31.